The van der Waals surface area contributed by atoms with E-state index < -0.39 is 11.5 Å². The zero-order valence-corrected chi connectivity index (χ0v) is 12.3. The van der Waals surface area contributed by atoms with Crippen molar-refractivity contribution >= 4 is 39.3 Å². The van der Waals surface area contributed by atoms with E-state index >= 15 is 0 Å². The van der Waals surface area contributed by atoms with Gasteiger partial charge in [0, 0.05) is 15.9 Å². The number of ether oxygens (including phenoxy) is 1. The van der Waals surface area contributed by atoms with Crippen molar-refractivity contribution < 1.29 is 22.7 Å². The Hall–Kier alpha value is -0.890. The highest BCUT2D eigenvalue weighted by molar-refractivity contribution is 9.10. The highest BCUT2D eigenvalue weighted by atomic mass is 79.9. The molecule has 0 spiro atoms. The summed E-state index contributed by atoms with van der Waals surface area (Å²) in [5.74, 6) is -1.02. The molecule has 3 nitrogen and oxygen atoms in total. The number of carbonyl (C=O) groups is 1. The first kappa shape index (κ1) is 16.2. The van der Waals surface area contributed by atoms with Crippen LogP contribution in [0, 0.1) is 6.92 Å². The number of nitrogen functional groups attached to an aromatic ring is 1. The van der Waals surface area contributed by atoms with Gasteiger partial charge in [-0.1, -0.05) is 15.9 Å². The lowest BCUT2D eigenvalue weighted by atomic mass is 10.1. The minimum Gasteiger partial charge on any atom is -0.461 e. The van der Waals surface area contributed by atoms with Gasteiger partial charge in [-0.2, -0.15) is 13.2 Å². The number of hydrogen-bond acceptors (Lipinski definition) is 4. The lowest BCUT2D eigenvalue weighted by Crippen LogP contribution is -2.12. The Labute approximate surface area is 120 Å². The van der Waals surface area contributed by atoms with Crippen molar-refractivity contribution in [3.05, 3.63) is 27.7 Å². The molecule has 0 heterocycles. The minimum atomic E-state index is -4.32. The van der Waals surface area contributed by atoms with Crippen LogP contribution in [-0.2, 0) is 4.74 Å². The quantitative estimate of drug-likeness (QED) is 0.506. The van der Waals surface area contributed by atoms with Gasteiger partial charge in [0.15, 0.2) is 0 Å². The number of carbonyl (C=O) groups excluding carboxylic acids is 1. The molecular formula is C11H11BrF3NO2S. The summed E-state index contributed by atoms with van der Waals surface area (Å²) in [4.78, 5) is 11.7. The lowest BCUT2D eigenvalue weighted by molar-refractivity contribution is -0.0331. The number of esters is 1. The second kappa shape index (κ2) is 6.51. The van der Waals surface area contributed by atoms with E-state index in [2.05, 4.69) is 15.9 Å². The highest BCUT2D eigenvalue weighted by Crippen LogP contribution is 2.30. The molecule has 0 saturated carbocycles. The maximum Gasteiger partial charge on any atom is 0.441 e. The lowest BCUT2D eigenvalue weighted by Gasteiger charge is -2.10. The van der Waals surface area contributed by atoms with Gasteiger partial charge in [0.25, 0.3) is 0 Å². The van der Waals surface area contributed by atoms with Crippen molar-refractivity contribution in [3.8, 4) is 0 Å². The summed E-state index contributed by atoms with van der Waals surface area (Å²) in [5, 5.41) is 0. The van der Waals surface area contributed by atoms with E-state index in [4.69, 9.17) is 10.5 Å². The molecule has 1 aromatic carbocycles. The number of thioether (sulfide) groups is 1. The Morgan fingerprint density at radius 1 is 1.47 bits per heavy atom. The maximum absolute atomic E-state index is 11.9. The van der Waals surface area contributed by atoms with Crippen LogP contribution in [0.3, 0.4) is 0 Å². The van der Waals surface area contributed by atoms with Gasteiger partial charge in [-0.25, -0.2) is 4.79 Å². The third-order valence-corrected chi connectivity index (χ3v) is 3.37. The third kappa shape index (κ3) is 5.32. The smallest absolute Gasteiger partial charge is 0.441 e. The molecule has 19 heavy (non-hydrogen) atoms. The van der Waals surface area contributed by atoms with Crippen LogP contribution in [0.1, 0.15) is 15.9 Å². The molecule has 2 N–H and O–H groups in total. The van der Waals surface area contributed by atoms with Crippen LogP contribution in [-0.4, -0.2) is 23.8 Å². The standard InChI is InChI=1S/C11H11BrF3NO2S/c1-6-8(4-7(12)5-9(6)16)10(17)18-2-3-19-11(13,14)15/h4-5H,2-3,16H2,1H3. The van der Waals surface area contributed by atoms with Gasteiger partial charge in [0.05, 0.1) is 5.56 Å². The number of halogens is 4. The number of hydrogen-bond donors (Lipinski definition) is 1. The van der Waals surface area contributed by atoms with Crippen LogP contribution >= 0.6 is 27.7 Å². The first-order valence-corrected chi connectivity index (χ1v) is 6.92. The van der Waals surface area contributed by atoms with Crippen LogP contribution in [0.5, 0.6) is 0 Å². The summed E-state index contributed by atoms with van der Waals surface area (Å²) in [6.45, 7) is 1.33. The molecule has 106 valence electrons. The van der Waals surface area contributed by atoms with Gasteiger partial charge in [-0.05, 0) is 36.4 Å². The zero-order valence-electron chi connectivity index (χ0n) is 9.88. The van der Waals surface area contributed by atoms with Crippen molar-refractivity contribution in [1.82, 2.24) is 0 Å². The summed E-state index contributed by atoms with van der Waals surface area (Å²) in [6, 6.07) is 3.15. The van der Waals surface area contributed by atoms with E-state index in [1.54, 1.807) is 13.0 Å². The molecule has 0 aliphatic rings. The van der Waals surface area contributed by atoms with Crippen molar-refractivity contribution in [2.45, 2.75) is 12.4 Å². The van der Waals surface area contributed by atoms with Crippen LogP contribution in [0.2, 0.25) is 0 Å². The number of anilines is 1. The van der Waals surface area contributed by atoms with E-state index in [0.29, 0.717) is 15.7 Å². The second-order valence-corrected chi connectivity index (χ2v) is 5.67. The average Bonchev–Trinajstić information content (AvgIpc) is 2.27. The first-order chi connectivity index (χ1) is 8.70. The molecule has 0 radical (unpaired) electrons. The molecule has 0 bridgehead atoms. The minimum absolute atomic E-state index is 0.230. The predicted octanol–water partition coefficient (Wildman–Crippen LogP) is 3.75. The zero-order chi connectivity index (χ0) is 14.6. The molecule has 0 unspecified atom stereocenters. The van der Waals surface area contributed by atoms with E-state index in [1.165, 1.54) is 6.07 Å². The maximum atomic E-state index is 11.9. The fourth-order valence-electron chi connectivity index (χ4n) is 1.28. The summed E-state index contributed by atoms with van der Waals surface area (Å²) in [5.41, 5.74) is 2.55. The number of benzene rings is 1. The van der Waals surface area contributed by atoms with Gasteiger partial charge in [-0.3, -0.25) is 0 Å². The molecule has 0 fully saturated rings. The average molecular weight is 358 g/mol. The van der Waals surface area contributed by atoms with Gasteiger partial charge in [0.1, 0.15) is 6.61 Å². The first-order valence-electron chi connectivity index (χ1n) is 5.14. The third-order valence-electron chi connectivity index (χ3n) is 2.21. The molecule has 1 rings (SSSR count). The second-order valence-electron chi connectivity index (χ2n) is 3.60. The van der Waals surface area contributed by atoms with Crippen LogP contribution in [0.4, 0.5) is 18.9 Å². The van der Waals surface area contributed by atoms with Gasteiger partial charge < -0.3 is 10.5 Å². The number of rotatable bonds is 4. The number of alkyl halides is 3. The molecule has 0 saturated heterocycles. The molecule has 1 aromatic rings. The normalized spacial score (nSPS) is 11.4. The van der Waals surface area contributed by atoms with E-state index in [9.17, 15) is 18.0 Å². The Bertz CT molecular complexity index is 480. The Morgan fingerprint density at radius 2 is 2.11 bits per heavy atom. The van der Waals surface area contributed by atoms with Crippen molar-refractivity contribution in [1.29, 1.82) is 0 Å². The fraction of sp³-hybridized carbons (Fsp3) is 0.364. The summed E-state index contributed by atoms with van der Waals surface area (Å²) >= 11 is 2.95. The molecule has 0 aliphatic carbocycles. The Balaban J connectivity index is 2.60. The molecule has 0 aliphatic heterocycles. The van der Waals surface area contributed by atoms with Crippen molar-refractivity contribution in [2.75, 3.05) is 18.1 Å². The van der Waals surface area contributed by atoms with E-state index in [0.717, 1.165) is 0 Å². The van der Waals surface area contributed by atoms with Gasteiger partial charge >= 0.3 is 11.5 Å². The highest BCUT2D eigenvalue weighted by Gasteiger charge is 2.27. The topological polar surface area (TPSA) is 52.3 Å². The van der Waals surface area contributed by atoms with Crippen LogP contribution < -0.4 is 5.73 Å². The number of nitrogens with two attached hydrogens (primary N) is 1. The monoisotopic (exact) mass is 357 g/mol. The molecule has 0 amide bonds. The summed E-state index contributed by atoms with van der Waals surface area (Å²) < 4.78 is 41.0. The molecule has 0 aromatic heterocycles. The molecule has 0 atom stereocenters. The largest absolute Gasteiger partial charge is 0.461 e. The SMILES string of the molecule is Cc1c(N)cc(Br)cc1C(=O)OCCSC(F)(F)F. The Kier molecular flexibility index (Phi) is 5.54. The van der Waals surface area contributed by atoms with Crippen molar-refractivity contribution in [3.63, 3.8) is 0 Å². The Morgan fingerprint density at radius 3 is 2.68 bits per heavy atom. The summed E-state index contributed by atoms with van der Waals surface area (Å²) in [7, 11) is 0. The van der Waals surface area contributed by atoms with Gasteiger partial charge in [0.2, 0.25) is 0 Å². The molecule has 8 heteroatoms. The summed E-state index contributed by atoms with van der Waals surface area (Å²) in [6.07, 6.45) is 0. The van der Waals surface area contributed by atoms with Crippen LogP contribution in [0.25, 0.3) is 0 Å². The molecular weight excluding hydrogens is 347 g/mol. The predicted molar refractivity (Wildman–Crippen MR) is 72.1 cm³/mol. The van der Waals surface area contributed by atoms with Crippen molar-refractivity contribution in [2.24, 2.45) is 0 Å². The van der Waals surface area contributed by atoms with Crippen LogP contribution in [0.15, 0.2) is 16.6 Å². The fourth-order valence-corrected chi connectivity index (χ4v) is 2.16. The van der Waals surface area contributed by atoms with E-state index in [-0.39, 0.29) is 29.7 Å². The van der Waals surface area contributed by atoms with Gasteiger partial charge in [-0.15, -0.1) is 0 Å². The van der Waals surface area contributed by atoms with E-state index in [1.807, 2.05) is 0 Å².